The molecule has 0 saturated heterocycles. The van der Waals surface area contributed by atoms with E-state index in [1.807, 2.05) is 44.2 Å². The molecule has 2 rings (SSSR count). The lowest BCUT2D eigenvalue weighted by molar-refractivity contribution is -0.139. The molecule has 1 aromatic carbocycles. The zero-order valence-corrected chi connectivity index (χ0v) is 13.5. The van der Waals surface area contributed by atoms with Crippen molar-refractivity contribution >= 4 is 5.97 Å². The topological polar surface area (TPSA) is 71.5 Å². The van der Waals surface area contributed by atoms with Gasteiger partial charge in [0.05, 0.1) is 6.20 Å². The lowest BCUT2D eigenvalue weighted by atomic mass is 10.1. The Balaban J connectivity index is 2.00. The Morgan fingerprint density at radius 2 is 2.22 bits per heavy atom. The molecule has 0 saturated carbocycles. The minimum absolute atomic E-state index is 0.508. The molecule has 23 heavy (non-hydrogen) atoms. The van der Waals surface area contributed by atoms with E-state index < -0.39 is 12.0 Å². The van der Waals surface area contributed by atoms with Crippen LogP contribution in [0.2, 0.25) is 0 Å². The van der Waals surface area contributed by atoms with Gasteiger partial charge in [0.1, 0.15) is 17.5 Å². The molecule has 0 aliphatic carbocycles. The van der Waals surface area contributed by atoms with Crippen molar-refractivity contribution in [3.63, 3.8) is 0 Å². The predicted octanol–water partition coefficient (Wildman–Crippen LogP) is 3.53. The molecule has 1 unspecified atom stereocenters. The first kappa shape index (κ1) is 17.0. The monoisotopic (exact) mass is 314 g/mol. The lowest BCUT2D eigenvalue weighted by Crippen LogP contribution is -2.35. The van der Waals surface area contributed by atoms with Crippen molar-refractivity contribution in [2.24, 2.45) is 0 Å². The third-order valence-corrected chi connectivity index (χ3v) is 3.53. The summed E-state index contributed by atoms with van der Waals surface area (Å²) in [6.07, 6.45) is 4.82. The average molecular weight is 314 g/mol. The highest BCUT2D eigenvalue weighted by Crippen LogP contribution is 2.25. The number of nitrogens with one attached hydrogen (secondary N) is 1. The summed E-state index contributed by atoms with van der Waals surface area (Å²) < 4.78 is 5.79. The molecule has 0 radical (unpaired) electrons. The molecule has 0 aliphatic heterocycles. The first-order valence-corrected chi connectivity index (χ1v) is 7.73. The molecule has 122 valence electrons. The van der Waals surface area contributed by atoms with E-state index in [0.717, 1.165) is 23.3 Å². The molecular weight excluding hydrogens is 292 g/mol. The van der Waals surface area contributed by atoms with Crippen molar-refractivity contribution in [1.29, 1.82) is 0 Å². The Hall–Kier alpha value is -2.40. The molecule has 5 nitrogen and oxygen atoms in total. The molecule has 2 N–H and O–H groups in total. The van der Waals surface area contributed by atoms with Crippen LogP contribution < -0.4 is 10.1 Å². The number of ether oxygens (including phenoxy) is 1. The number of carboxylic acids is 1. The summed E-state index contributed by atoms with van der Waals surface area (Å²) in [4.78, 5) is 15.2. The fourth-order valence-corrected chi connectivity index (χ4v) is 2.31. The van der Waals surface area contributed by atoms with E-state index in [0.29, 0.717) is 18.7 Å². The van der Waals surface area contributed by atoms with Gasteiger partial charge in [-0.1, -0.05) is 25.5 Å². The van der Waals surface area contributed by atoms with Crippen LogP contribution in [0.15, 0.2) is 42.7 Å². The molecule has 0 aliphatic rings. The van der Waals surface area contributed by atoms with Crippen molar-refractivity contribution in [1.82, 2.24) is 10.3 Å². The van der Waals surface area contributed by atoms with Gasteiger partial charge in [-0.3, -0.25) is 9.78 Å². The molecule has 0 amide bonds. The SMILES string of the molecule is CCCC(NCc1ccc(Oc2cccnc2)c(C)c1)C(=O)O. The van der Waals surface area contributed by atoms with Gasteiger partial charge in [0, 0.05) is 12.7 Å². The number of hydrogen-bond acceptors (Lipinski definition) is 4. The Labute approximate surface area is 136 Å². The number of aromatic nitrogens is 1. The third kappa shape index (κ3) is 5.07. The molecular formula is C18H22N2O3. The van der Waals surface area contributed by atoms with Crippen LogP contribution in [0.1, 0.15) is 30.9 Å². The van der Waals surface area contributed by atoms with Crippen LogP contribution in [-0.2, 0) is 11.3 Å². The van der Waals surface area contributed by atoms with E-state index in [-0.39, 0.29) is 0 Å². The van der Waals surface area contributed by atoms with E-state index in [1.54, 1.807) is 12.4 Å². The van der Waals surface area contributed by atoms with Crippen LogP contribution in [0.25, 0.3) is 0 Å². The van der Waals surface area contributed by atoms with Gasteiger partial charge in [0.2, 0.25) is 0 Å². The smallest absolute Gasteiger partial charge is 0.320 e. The number of aryl methyl sites for hydroxylation is 1. The van der Waals surface area contributed by atoms with E-state index in [9.17, 15) is 4.79 Å². The summed E-state index contributed by atoms with van der Waals surface area (Å²) >= 11 is 0. The second-order valence-electron chi connectivity index (χ2n) is 5.45. The second kappa shape index (κ2) is 8.29. The molecule has 1 heterocycles. The number of aliphatic carboxylic acids is 1. The highest BCUT2D eigenvalue weighted by atomic mass is 16.5. The average Bonchev–Trinajstić information content (AvgIpc) is 2.54. The van der Waals surface area contributed by atoms with Gasteiger partial charge < -0.3 is 15.2 Å². The van der Waals surface area contributed by atoms with Gasteiger partial charge in [-0.25, -0.2) is 0 Å². The Morgan fingerprint density at radius 1 is 1.39 bits per heavy atom. The standard InChI is InChI=1S/C18H22N2O3/c1-3-5-16(18(21)22)20-11-14-7-8-17(13(2)10-14)23-15-6-4-9-19-12-15/h4,6-10,12,16,20H,3,5,11H2,1-2H3,(H,21,22). The minimum Gasteiger partial charge on any atom is -0.480 e. The van der Waals surface area contributed by atoms with Gasteiger partial charge in [-0.05, 0) is 42.7 Å². The molecule has 5 heteroatoms. The highest BCUT2D eigenvalue weighted by molar-refractivity contribution is 5.73. The van der Waals surface area contributed by atoms with Crippen LogP contribution in [0.5, 0.6) is 11.5 Å². The normalized spacial score (nSPS) is 11.9. The highest BCUT2D eigenvalue weighted by Gasteiger charge is 2.15. The minimum atomic E-state index is -0.805. The van der Waals surface area contributed by atoms with Gasteiger partial charge in [0.15, 0.2) is 0 Å². The first-order chi connectivity index (χ1) is 11.1. The summed E-state index contributed by atoms with van der Waals surface area (Å²) in [6.45, 7) is 4.47. The number of hydrogen-bond donors (Lipinski definition) is 2. The number of benzene rings is 1. The third-order valence-electron chi connectivity index (χ3n) is 3.53. The first-order valence-electron chi connectivity index (χ1n) is 7.73. The van der Waals surface area contributed by atoms with Gasteiger partial charge in [0.25, 0.3) is 0 Å². The van der Waals surface area contributed by atoms with Crippen LogP contribution in [-0.4, -0.2) is 22.1 Å². The quantitative estimate of drug-likeness (QED) is 0.780. The van der Waals surface area contributed by atoms with Crippen LogP contribution in [0.4, 0.5) is 0 Å². The number of carbonyl (C=O) groups is 1. The Kier molecular flexibility index (Phi) is 6.11. The fourth-order valence-electron chi connectivity index (χ4n) is 2.31. The number of pyridine rings is 1. The van der Waals surface area contributed by atoms with Crippen molar-refractivity contribution in [2.45, 2.75) is 39.3 Å². The number of rotatable bonds is 8. The molecule has 0 bridgehead atoms. The van der Waals surface area contributed by atoms with Crippen molar-refractivity contribution in [3.8, 4) is 11.5 Å². The van der Waals surface area contributed by atoms with Crippen LogP contribution in [0.3, 0.4) is 0 Å². The fraction of sp³-hybridized carbons (Fsp3) is 0.333. The maximum atomic E-state index is 11.1. The van der Waals surface area contributed by atoms with E-state index in [1.165, 1.54) is 0 Å². The Bertz CT molecular complexity index is 644. The largest absolute Gasteiger partial charge is 0.480 e. The predicted molar refractivity (Wildman–Crippen MR) is 88.7 cm³/mol. The lowest BCUT2D eigenvalue weighted by Gasteiger charge is -2.14. The van der Waals surface area contributed by atoms with E-state index in [4.69, 9.17) is 9.84 Å². The van der Waals surface area contributed by atoms with Crippen LogP contribution in [0, 0.1) is 6.92 Å². The van der Waals surface area contributed by atoms with Crippen molar-refractivity contribution < 1.29 is 14.6 Å². The Morgan fingerprint density at radius 3 is 2.83 bits per heavy atom. The zero-order valence-electron chi connectivity index (χ0n) is 13.5. The maximum Gasteiger partial charge on any atom is 0.320 e. The molecule has 1 atom stereocenters. The van der Waals surface area contributed by atoms with Gasteiger partial charge in [-0.15, -0.1) is 0 Å². The number of carboxylic acid groups (broad SMARTS) is 1. The van der Waals surface area contributed by atoms with Crippen molar-refractivity contribution in [2.75, 3.05) is 0 Å². The summed E-state index contributed by atoms with van der Waals surface area (Å²) in [5.41, 5.74) is 2.03. The maximum absolute atomic E-state index is 11.1. The molecule has 1 aromatic heterocycles. The molecule has 0 fully saturated rings. The number of nitrogens with zero attached hydrogens (tertiary/aromatic N) is 1. The van der Waals surface area contributed by atoms with Gasteiger partial charge in [-0.2, -0.15) is 0 Å². The van der Waals surface area contributed by atoms with Crippen LogP contribution >= 0.6 is 0 Å². The molecule has 0 spiro atoms. The van der Waals surface area contributed by atoms with E-state index in [2.05, 4.69) is 10.3 Å². The summed E-state index contributed by atoms with van der Waals surface area (Å²) in [5, 5.41) is 12.2. The van der Waals surface area contributed by atoms with E-state index >= 15 is 0 Å². The van der Waals surface area contributed by atoms with Crippen molar-refractivity contribution in [3.05, 3.63) is 53.9 Å². The van der Waals surface area contributed by atoms with Gasteiger partial charge >= 0.3 is 5.97 Å². The zero-order chi connectivity index (χ0) is 16.7. The summed E-state index contributed by atoms with van der Waals surface area (Å²) in [5.74, 6) is 0.653. The second-order valence-corrected chi connectivity index (χ2v) is 5.45. The summed E-state index contributed by atoms with van der Waals surface area (Å²) in [6, 6.07) is 9.01. The summed E-state index contributed by atoms with van der Waals surface area (Å²) in [7, 11) is 0. The molecule has 2 aromatic rings.